The maximum atomic E-state index is 12.4. The van der Waals surface area contributed by atoms with Crippen molar-refractivity contribution in [3.8, 4) is 22.6 Å². The zero-order valence-electron chi connectivity index (χ0n) is 23.4. The molecule has 11 nitrogen and oxygen atoms in total. The molecule has 1 aliphatic rings. The molecule has 0 atom stereocenters. The van der Waals surface area contributed by atoms with Crippen molar-refractivity contribution in [3.63, 3.8) is 0 Å². The summed E-state index contributed by atoms with van der Waals surface area (Å²) in [5.41, 5.74) is 3.95. The number of carbonyl (C=O) groups excluding carboxylic acids is 1. The van der Waals surface area contributed by atoms with E-state index >= 15 is 0 Å². The van der Waals surface area contributed by atoms with Crippen LogP contribution in [0.4, 0.5) is 17.5 Å². The standard InChI is InChI=1S/C30H27Cl2N7O4/c1-4-20(40)12-17-11-19(38-7-9-43-10-8-38)16-34-27(17)36-30-35-15-18-13-21(29-33-5-6-39(29)28(18)37-30)24-25(31)22(41-2)14-23(42-3)26(24)32/h4-6,11,13-16H,1,7-10,12H2,2-3H3,(H,34,35,36,37). The second-order valence-electron chi connectivity index (χ2n) is 9.71. The Balaban J connectivity index is 1.42. The molecular weight excluding hydrogens is 593 g/mol. The van der Waals surface area contributed by atoms with Gasteiger partial charge in [-0.2, -0.15) is 4.98 Å². The molecule has 1 aromatic carbocycles. The number of carbonyl (C=O) groups is 1. The number of benzene rings is 1. The molecule has 0 aliphatic carbocycles. The van der Waals surface area contributed by atoms with Gasteiger partial charge in [0.2, 0.25) is 5.95 Å². The highest BCUT2D eigenvalue weighted by Crippen LogP contribution is 2.47. The van der Waals surface area contributed by atoms with Gasteiger partial charge in [-0.1, -0.05) is 29.8 Å². The highest BCUT2D eigenvalue weighted by molar-refractivity contribution is 6.41. The molecule has 43 heavy (non-hydrogen) atoms. The van der Waals surface area contributed by atoms with Crippen molar-refractivity contribution in [1.82, 2.24) is 24.3 Å². The van der Waals surface area contributed by atoms with Crippen molar-refractivity contribution in [2.24, 2.45) is 0 Å². The highest BCUT2D eigenvalue weighted by Gasteiger charge is 2.23. The Hall–Kier alpha value is -4.45. The number of methoxy groups -OCH3 is 2. The van der Waals surface area contributed by atoms with Crippen molar-refractivity contribution in [3.05, 3.63) is 71.3 Å². The number of ketones is 1. The Morgan fingerprint density at radius 1 is 1.05 bits per heavy atom. The molecule has 1 fully saturated rings. The van der Waals surface area contributed by atoms with Gasteiger partial charge in [-0.25, -0.2) is 15.0 Å². The van der Waals surface area contributed by atoms with Gasteiger partial charge in [0.25, 0.3) is 0 Å². The predicted molar refractivity (Wildman–Crippen MR) is 166 cm³/mol. The van der Waals surface area contributed by atoms with E-state index in [1.807, 2.05) is 16.5 Å². The maximum absolute atomic E-state index is 12.4. The predicted octanol–water partition coefficient (Wildman–Crippen LogP) is 5.54. The molecule has 0 amide bonds. The largest absolute Gasteiger partial charge is 0.495 e. The fourth-order valence-corrected chi connectivity index (χ4v) is 5.75. The van der Waals surface area contributed by atoms with Crippen molar-refractivity contribution < 1.29 is 19.0 Å². The van der Waals surface area contributed by atoms with Crippen molar-refractivity contribution in [2.75, 3.05) is 50.7 Å². The van der Waals surface area contributed by atoms with E-state index in [1.54, 1.807) is 30.9 Å². The molecule has 13 heteroatoms. The number of aromatic nitrogens is 5. The van der Waals surface area contributed by atoms with Crippen LogP contribution >= 0.6 is 23.2 Å². The van der Waals surface area contributed by atoms with E-state index < -0.39 is 0 Å². The topological polar surface area (TPSA) is 116 Å². The van der Waals surface area contributed by atoms with Crippen LogP contribution in [-0.2, 0) is 16.0 Å². The molecule has 1 N–H and O–H groups in total. The lowest BCUT2D eigenvalue weighted by atomic mass is 10.0. The summed E-state index contributed by atoms with van der Waals surface area (Å²) in [5.74, 6) is 1.48. The van der Waals surface area contributed by atoms with Crippen molar-refractivity contribution in [1.29, 1.82) is 0 Å². The SMILES string of the molecule is C=CC(=O)Cc1cc(N2CCOCC2)cnc1Nc1ncc2cc(-c3c(Cl)c(OC)cc(OC)c3Cl)c3nccn3c2n1. The minimum absolute atomic E-state index is 0.123. The smallest absolute Gasteiger partial charge is 0.230 e. The maximum Gasteiger partial charge on any atom is 0.230 e. The summed E-state index contributed by atoms with van der Waals surface area (Å²) in [5, 5.41) is 4.56. The number of rotatable bonds is 9. The van der Waals surface area contributed by atoms with Crippen LogP contribution in [0.15, 0.2) is 55.6 Å². The zero-order valence-corrected chi connectivity index (χ0v) is 24.9. The number of anilines is 3. The molecule has 6 rings (SSSR count). The van der Waals surface area contributed by atoms with Crippen LogP contribution in [0, 0.1) is 0 Å². The van der Waals surface area contributed by atoms with Crippen LogP contribution in [0.2, 0.25) is 10.0 Å². The van der Waals surface area contributed by atoms with Gasteiger partial charge in [0.05, 0.1) is 49.4 Å². The van der Waals surface area contributed by atoms with Crippen LogP contribution in [0.1, 0.15) is 5.56 Å². The van der Waals surface area contributed by atoms with Crippen LogP contribution in [0.3, 0.4) is 0 Å². The summed E-state index contributed by atoms with van der Waals surface area (Å²) >= 11 is 13.5. The van der Waals surface area contributed by atoms with Gasteiger partial charge in [0.1, 0.15) is 23.0 Å². The number of halogens is 2. The van der Waals surface area contributed by atoms with E-state index in [-0.39, 0.29) is 12.2 Å². The first kappa shape index (κ1) is 28.7. The number of imidazole rings is 1. The first-order valence-corrected chi connectivity index (χ1v) is 14.1. The molecule has 0 bridgehead atoms. The second kappa shape index (κ2) is 12.0. The van der Waals surface area contributed by atoms with Gasteiger partial charge in [-0.3, -0.25) is 9.20 Å². The normalized spacial score (nSPS) is 13.3. The number of fused-ring (bicyclic) bond motifs is 3. The summed E-state index contributed by atoms with van der Waals surface area (Å²) in [4.78, 5) is 33.1. The lowest BCUT2D eigenvalue weighted by Gasteiger charge is -2.29. The Morgan fingerprint density at radius 2 is 1.79 bits per heavy atom. The molecule has 0 radical (unpaired) electrons. The quantitative estimate of drug-likeness (QED) is 0.211. The van der Waals surface area contributed by atoms with Crippen LogP contribution < -0.4 is 19.7 Å². The van der Waals surface area contributed by atoms with Crippen LogP contribution in [-0.4, -0.2) is 70.6 Å². The van der Waals surface area contributed by atoms with E-state index in [4.69, 9.17) is 42.4 Å². The van der Waals surface area contributed by atoms with Crippen molar-refractivity contribution >= 4 is 63.1 Å². The van der Waals surface area contributed by atoms with E-state index in [2.05, 4.69) is 31.7 Å². The summed E-state index contributed by atoms with van der Waals surface area (Å²) in [6.45, 7) is 6.39. The molecule has 220 valence electrons. The fourth-order valence-electron chi connectivity index (χ4n) is 5.04. The van der Waals surface area contributed by atoms with Gasteiger partial charge in [0, 0.05) is 66.2 Å². The first-order valence-electron chi connectivity index (χ1n) is 13.4. The number of allylic oxidation sites excluding steroid dienone is 1. The van der Waals surface area contributed by atoms with Gasteiger partial charge in [0.15, 0.2) is 11.4 Å². The van der Waals surface area contributed by atoms with E-state index in [9.17, 15) is 4.79 Å². The lowest BCUT2D eigenvalue weighted by molar-refractivity contribution is -0.114. The first-order chi connectivity index (χ1) is 20.9. The third kappa shape index (κ3) is 5.42. The Bertz CT molecular complexity index is 1840. The summed E-state index contributed by atoms with van der Waals surface area (Å²) < 4.78 is 18.2. The van der Waals surface area contributed by atoms with Gasteiger partial charge in [-0.05, 0) is 18.2 Å². The summed E-state index contributed by atoms with van der Waals surface area (Å²) in [6.07, 6.45) is 8.35. The van der Waals surface area contributed by atoms with Crippen molar-refractivity contribution in [2.45, 2.75) is 6.42 Å². The molecule has 5 heterocycles. The minimum atomic E-state index is -0.123. The number of pyridine rings is 2. The average molecular weight is 620 g/mol. The molecule has 0 saturated carbocycles. The molecule has 0 unspecified atom stereocenters. The number of ether oxygens (including phenoxy) is 3. The third-order valence-electron chi connectivity index (χ3n) is 7.20. The monoisotopic (exact) mass is 619 g/mol. The molecule has 0 spiro atoms. The molecule has 4 aromatic heterocycles. The Morgan fingerprint density at radius 3 is 2.49 bits per heavy atom. The van der Waals surface area contributed by atoms with Gasteiger partial charge >= 0.3 is 0 Å². The number of hydrogen-bond donors (Lipinski definition) is 1. The minimum Gasteiger partial charge on any atom is -0.495 e. The third-order valence-corrected chi connectivity index (χ3v) is 7.95. The Labute approximate surface area is 257 Å². The van der Waals surface area contributed by atoms with E-state index in [1.165, 1.54) is 20.3 Å². The number of hydrogen-bond acceptors (Lipinski definition) is 10. The van der Waals surface area contributed by atoms with E-state index in [0.717, 1.165) is 18.8 Å². The second-order valence-corrected chi connectivity index (χ2v) is 10.5. The Kier molecular flexibility index (Phi) is 8.02. The average Bonchev–Trinajstić information content (AvgIpc) is 3.53. The summed E-state index contributed by atoms with van der Waals surface area (Å²) in [6, 6.07) is 5.47. The number of morpholine rings is 1. The lowest BCUT2D eigenvalue weighted by Crippen LogP contribution is -2.36. The van der Waals surface area contributed by atoms with E-state index in [0.29, 0.717) is 79.9 Å². The van der Waals surface area contributed by atoms with Gasteiger partial charge in [-0.15, -0.1) is 0 Å². The number of nitrogens with one attached hydrogen (secondary N) is 1. The highest BCUT2D eigenvalue weighted by atomic mass is 35.5. The van der Waals surface area contributed by atoms with Crippen LogP contribution in [0.5, 0.6) is 11.5 Å². The molecule has 1 aliphatic heterocycles. The van der Waals surface area contributed by atoms with Gasteiger partial charge < -0.3 is 24.4 Å². The molecule has 5 aromatic rings. The molecule has 1 saturated heterocycles. The summed E-state index contributed by atoms with van der Waals surface area (Å²) in [7, 11) is 3.05. The zero-order chi connectivity index (χ0) is 30.1. The molecular formula is C30H27Cl2N7O4. The number of nitrogens with zero attached hydrogens (tertiary/aromatic N) is 6. The fraction of sp³-hybridized carbons (Fsp3) is 0.233. The van der Waals surface area contributed by atoms with Crippen LogP contribution in [0.25, 0.3) is 27.8 Å².